The Hall–Kier alpha value is -1.06. The van der Waals surface area contributed by atoms with Crippen LogP contribution in [-0.4, -0.2) is 33.1 Å². The van der Waals surface area contributed by atoms with Gasteiger partial charge < -0.3 is 14.4 Å². The van der Waals surface area contributed by atoms with Gasteiger partial charge in [-0.3, -0.25) is 0 Å². The van der Waals surface area contributed by atoms with Crippen LogP contribution in [0.4, 0.5) is 5.69 Å². The van der Waals surface area contributed by atoms with Gasteiger partial charge in [-0.2, -0.15) is 0 Å². The van der Waals surface area contributed by atoms with Crippen LogP contribution in [0, 0.1) is 0 Å². The number of anilines is 1. The highest BCUT2D eigenvalue weighted by molar-refractivity contribution is 5.46. The van der Waals surface area contributed by atoms with E-state index >= 15 is 0 Å². The maximum absolute atomic E-state index is 5.82. The van der Waals surface area contributed by atoms with Gasteiger partial charge in [0.1, 0.15) is 0 Å². The number of benzene rings is 1. The Kier molecular flexibility index (Phi) is 9.22. The number of hydrogen-bond acceptors (Lipinski definition) is 3. The third-order valence-corrected chi connectivity index (χ3v) is 4.81. The van der Waals surface area contributed by atoms with E-state index in [0.29, 0.717) is 0 Å². The monoisotopic (exact) mass is 333 g/mol. The van der Waals surface area contributed by atoms with Crippen LogP contribution in [-0.2, 0) is 15.9 Å². The van der Waals surface area contributed by atoms with Crippen LogP contribution in [0.5, 0.6) is 0 Å². The first-order valence-corrected chi connectivity index (χ1v) is 9.83. The van der Waals surface area contributed by atoms with Gasteiger partial charge in [0.15, 0.2) is 6.29 Å². The van der Waals surface area contributed by atoms with Crippen LogP contribution in [0.25, 0.3) is 0 Å². The van der Waals surface area contributed by atoms with Crippen molar-refractivity contribution in [2.75, 3.05) is 31.7 Å². The Morgan fingerprint density at radius 1 is 1.08 bits per heavy atom. The lowest BCUT2D eigenvalue weighted by Gasteiger charge is -2.22. The fraction of sp³-hybridized carbons (Fsp3) is 0.714. The van der Waals surface area contributed by atoms with Crippen molar-refractivity contribution in [2.24, 2.45) is 0 Å². The maximum Gasteiger partial charge on any atom is 0.157 e. The molecule has 0 bridgehead atoms. The molecular formula is C21H35NO2. The minimum atomic E-state index is 0.0249. The van der Waals surface area contributed by atoms with E-state index in [1.165, 1.54) is 56.2 Å². The van der Waals surface area contributed by atoms with E-state index in [2.05, 4.69) is 43.1 Å². The molecule has 3 nitrogen and oxygen atoms in total. The van der Waals surface area contributed by atoms with Gasteiger partial charge in [-0.05, 0) is 49.8 Å². The minimum absolute atomic E-state index is 0.0249. The molecule has 0 aliphatic carbocycles. The second kappa shape index (κ2) is 11.5. The number of nitrogens with zero attached hydrogens (tertiary/aromatic N) is 1. The molecule has 1 heterocycles. The fourth-order valence-corrected chi connectivity index (χ4v) is 3.15. The fourth-order valence-electron chi connectivity index (χ4n) is 3.15. The number of hydrogen-bond donors (Lipinski definition) is 0. The largest absolute Gasteiger partial charge is 0.375 e. The summed E-state index contributed by atoms with van der Waals surface area (Å²) in [6.45, 7) is 5.01. The zero-order chi connectivity index (χ0) is 17.0. The van der Waals surface area contributed by atoms with E-state index in [9.17, 15) is 0 Å². The van der Waals surface area contributed by atoms with Gasteiger partial charge in [0.2, 0.25) is 0 Å². The van der Waals surface area contributed by atoms with Crippen molar-refractivity contribution in [1.82, 2.24) is 0 Å². The standard InChI is InChI=1S/C21H35NO2/c1-3-4-5-6-8-16-22(2)20-13-11-19(12-14-20)15-18-24-21-10-7-9-17-23-21/h11-14,21H,3-10,15-18H2,1-2H3. The molecule has 1 atom stereocenters. The van der Waals surface area contributed by atoms with Crippen LogP contribution in [0.2, 0.25) is 0 Å². The summed E-state index contributed by atoms with van der Waals surface area (Å²) in [5.41, 5.74) is 2.65. The molecule has 24 heavy (non-hydrogen) atoms. The highest BCUT2D eigenvalue weighted by Crippen LogP contribution is 2.17. The summed E-state index contributed by atoms with van der Waals surface area (Å²) in [5, 5.41) is 0. The summed E-state index contributed by atoms with van der Waals surface area (Å²) in [5.74, 6) is 0. The van der Waals surface area contributed by atoms with E-state index in [1.54, 1.807) is 0 Å². The molecule has 0 aromatic heterocycles. The first-order chi connectivity index (χ1) is 11.8. The average molecular weight is 334 g/mol. The van der Waals surface area contributed by atoms with E-state index in [4.69, 9.17) is 9.47 Å². The average Bonchev–Trinajstić information content (AvgIpc) is 2.63. The molecule has 1 aliphatic heterocycles. The molecule has 1 saturated heterocycles. The quantitative estimate of drug-likeness (QED) is 0.521. The smallest absolute Gasteiger partial charge is 0.157 e. The summed E-state index contributed by atoms with van der Waals surface area (Å²) in [6.07, 6.45) is 11.1. The van der Waals surface area contributed by atoms with Crippen molar-refractivity contribution in [3.8, 4) is 0 Å². The molecule has 1 fully saturated rings. The molecule has 0 amide bonds. The van der Waals surface area contributed by atoms with Gasteiger partial charge in [0, 0.05) is 25.9 Å². The Morgan fingerprint density at radius 3 is 2.58 bits per heavy atom. The lowest BCUT2D eigenvalue weighted by Crippen LogP contribution is -2.23. The summed E-state index contributed by atoms with van der Waals surface area (Å²) in [6, 6.07) is 8.93. The molecule has 1 aromatic rings. The second-order valence-corrected chi connectivity index (χ2v) is 6.92. The molecule has 0 radical (unpaired) electrons. The molecular weight excluding hydrogens is 298 g/mol. The van der Waals surface area contributed by atoms with Gasteiger partial charge in [-0.1, -0.05) is 44.7 Å². The number of unbranched alkanes of at least 4 members (excludes halogenated alkanes) is 4. The van der Waals surface area contributed by atoms with Crippen molar-refractivity contribution >= 4 is 5.69 Å². The molecule has 0 saturated carbocycles. The first kappa shape index (κ1) is 19.3. The van der Waals surface area contributed by atoms with E-state index < -0.39 is 0 Å². The Balaban J connectivity index is 1.64. The highest BCUT2D eigenvalue weighted by atomic mass is 16.7. The predicted molar refractivity (Wildman–Crippen MR) is 102 cm³/mol. The van der Waals surface area contributed by atoms with Gasteiger partial charge in [-0.15, -0.1) is 0 Å². The molecule has 1 aromatic carbocycles. The molecule has 136 valence electrons. The molecule has 3 heteroatoms. The lowest BCUT2D eigenvalue weighted by atomic mass is 10.1. The van der Waals surface area contributed by atoms with Crippen molar-refractivity contribution in [3.63, 3.8) is 0 Å². The Labute approximate surface area is 148 Å². The predicted octanol–water partition coefficient (Wildman–Crippen LogP) is 5.18. The zero-order valence-electron chi connectivity index (χ0n) is 15.6. The van der Waals surface area contributed by atoms with Crippen LogP contribution in [0.3, 0.4) is 0 Å². The SMILES string of the molecule is CCCCCCCN(C)c1ccc(CCOC2CCCCO2)cc1. The summed E-state index contributed by atoms with van der Waals surface area (Å²) >= 11 is 0. The van der Waals surface area contributed by atoms with Crippen molar-refractivity contribution in [3.05, 3.63) is 29.8 Å². The first-order valence-electron chi connectivity index (χ1n) is 9.83. The van der Waals surface area contributed by atoms with Crippen molar-refractivity contribution in [1.29, 1.82) is 0 Å². The third-order valence-electron chi connectivity index (χ3n) is 4.81. The van der Waals surface area contributed by atoms with Crippen LogP contribution in [0.15, 0.2) is 24.3 Å². The van der Waals surface area contributed by atoms with E-state index in [1.807, 2.05) is 0 Å². The molecule has 0 spiro atoms. The minimum Gasteiger partial charge on any atom is -0.375 e. The van der Waals surface area contributed by atoms with E-state index in [-0.39, 0.29) is 6.29 Å². The van der Waals surface area contributed by atoms with Crippen molar-refractivity contribution < 1.29 is 9.47 Å². The third kappa shape index (κ3) is 7.23. The summed E-state index contributed by atoms with van der Waals surface area (Å²) in [4.78, 5) is 2.36. The maximum atomic E-state index is 5.82. The Bertz CT molecular complexity index is 426. The van der Waals surface area contributed by atoms with Gasteiger partial charge in [0.05, 0.1) is 6.61 Å². The number of rotatable bonds is 11. The van der Waals surface area contributed by atoms with Gasteiger partial charge in [0.25, 0.3) is 0 Å². The lowest BCUT2D eigenvalue weighted by molar-refractivity contribution is -0.161. The summed E-state index contributed by atoms with van der Waals surface area (Å²) < 4.78 is 11.4. The van der Waals surface area contributed by atoms with Crippen LogP contribution >= 0.6 is 0 Å². The van der Waals surface area contributed by atoms with Crippen molar-refractivity contribution in [2.45, 2.75) is 71.0 Å². The second-order valence-electron chi connectivity index (χ2n) is 6.92. The Morgan fingerprint density at radius 2 is 1.88 bits per heavy atom. The zero-order valence-corrected chi connectivity index (χ0v) is 15.6. The molecule has 1 aliphatic rings. The molecule has 2 rings (SSSR count). The van der Waals surface area contributed by atoms with Gasteiger partial charge in [-0.25, -0.2) is 0 Å². The molecule has 1 unspecified atom stereocenters. The molecule has 0 N–H and O–H groups in total. The topological polar surface area (TPSA) is 21.7 Å². The van der Waals surface area contributed by atoms with E-state index in [0.717, 1.165) is 32.6 Å². The normalized spacial score (nSPS) is 17.8. The summed E-state index contributed by atoms with van der Waals surface area (Å²) in [7, 11) is 2.19. The highest BCUT2D eigenvalue weighted by Gasteiger charge is 2.13. The van der Waals surface area contributed by atoms with Gasteiger partial charge >= 0.3 is 0 Å². The number of ether oxygens (including phenoxy) is 2. The van der Waals surface area contributed by atoms with Crippen LogP contribution in [0.1, 0.15) is 63.9 Å². The van der Waals surface area contributed by atoms with Crippen LogP contribution < -0.4 is 4.90 Å².